The minimum absolute atomic E-state index is 0.164. The highest BCUT2D eigenvalue weighted by molar-refractivity contribution is 5.82. The molecule has 1 heterocycles. The number of nitrogens with zero attached hydrogens (tertiary/aromatic N) is 1. The number of benzene rings is 1. The van der Waals surface area contributed by atoms with Gasteiger partial charge in [-0.3, -0.25) is 9.78 Å². The molecule has 4 heteroatoms. The van der Waals surface area contributed by atoms with Crippen LogP contribution < -0.4 is 11.1 Å². The number of aromatic nitrogens is 1. The summed E-state index contributed by atoms with van der Waals surface area (Å²) in [7, 11) is 0. The van der Waals surface area contributed by atoms with E-state index < -0.39 is 0 Å². The van der Waals surface area contributed by atoms with E-state index in [-0.39, 0.29) is 11.9 Å². The second-order valence-electron chi connectivity index (χ2n) is 4.31. The SMILES string of the molecule is CC(NCCC(N)=O)c1cccc2ncccc12. The van der Waals surface area contributed by atoms with E-state index in [9.17, 15) is 4.79 Å². The molecule has 0 aliphatic heterocycles. The van der Waals surface area contributed by atoms with E-state index in [0.29, 0.717) is 13.0 Å². The molecule has 0 fully saturated rings. The summed E-state index contributed by atoms with van der Waals surface area (Å²) in [6, 6.07) is 10.2. The first-order valence-corrected chi connectivity index (χ1v) is 6.04. The zero-order valence-corrected chi connectivity index (χ0v) is 10.4. The highest BCUT2D eigenvalue weighted by atomic mass is 16.1. The van der Waals surface area contributed by atoms with Crippen molar-refractivity contribution in [3.63, 3.8) is 0 Å². The highest BCUT2D eigenvalue weighted by Crippen LogP contribution is 2.22. The van der Waals surface area contributed by atoms with Crippen molar-refractivity contribution < 1.29 is 4.79 Å². The Hall–Kier alpha value is -1.94. The molecule has 1 unspecified atom stereocenters. The Morgan fingerprint density at radius 1 is 1.39 bits per heavy atom. The van der Waals surface area contributed by atoms with E-state index in [1.165, 1.54) is 5.56 Å². The van der Waals surface area contributed by atoms with Crippen LogP contribution in [-0.2, 0) is 4.79 Å². The number of pyridine rings is 1. The quantitative estimate of drug-likeness (QED) is 0.840. The van der Waals surface area contributed by atoms with Gasteiger partial charge in [0.15, 0.2) is 0 Å². The summed E-state index contributed by atoms with van der Waals surface area (Å²) in [6.07, 6.45) is 2.14. The third-order valence-corrected chi connectivity index (χ3v) is 2.97. The van der Waals surface area contributed by atoms with Crippen LogP contribution >= 0.6 is 0 Å². The Labute approximate surface area is 106 Å². The maximum absolute atomic E-state index is 10.7. The summed E-state index contributed by atoms with van der Waals surface area (Å²) in [6.45, 7) is 2.66. The van der Waals surface area contributed by atoms with Crippen LogP contribution in [0.5, 0.6) is 0 Å². The molecule has 4 nitrogen and oxygen atoms in total. The van der Waals surface area contributed by atoms with E-state index in [4.69, 9.17) is 5.73 Å². The van der Waals surface area contributed by atoms with Crippen LogP contribution in [0.3, 0.4) is 0 Å². The Bertz CT molecular complexity index is 548. The van der Waals surface area contributed by atoms with Gasteiger partial charge in [0.1, 0.15) is 0 Å². The summed E-state index contributed by atoms with van der Waals surface area (Å²) in [4.78, 5) is 15.0. The van der Waals surface area contributed by atoms with E-state index >= 15 is 0 Å². The first kappa shape index (κ1) is 12.5. The number of fused-ring (bicyclic) bond motifs is 1. The van der Waals surface area contributed by atoms with E-state index in [1.807, 2.05) is 18.2 Å². The van der Waals surface area contributed by atoms with Crippen LogP contribution in [-0.4, -0.2) is 17.4 Å². The first-order chi connectivity index (χ1) is 8.68. The fourth-order valence-electron chi connectivity index (χ4n) is 2.03. The molecular formula is C14H17N3O. The number of rotatable bonds is 5. The summed E-state index contributed by atoms with van der Waals surface area (Å²) in [5.41, 5.74) is 7.29. The molecule has 1 atom stereocenters. The smallest absolute Gasteiger partial charge is 0.218 e. The zero-order chi connectivity index (χ0) is 13.0. The largest absolute Gasteiger partial charge is 0.370 e. The molecule has 0 spiro atoms. The molecule has 0 aliphatic carbocycles. The summed E-state index contributed by atoms with van der Waals surface area (Å²) in [5.74, 6) is -0.283. The van der Waals surface area contributed by atoms with Crippen molar-refractivity contribution in [3.8, 4) is 0 Å². The van der Waals surface area contributed by atoms with Crippen LogP contribution in [0.15, 0.2) is 36.5 Å². The summed E-state index contributed by atoms with van der Waals surface area (Å²) < 4.78 is 0. The van der Waals surface area contributed by atoms with E-state index in [0.717, 1.165) is 10.9 Å². The minimum Gasteiger partial charge on any atom is -0.370 e. The van der Waals surface area contributed by atoms with Crippen LogP contribution in [0, 0.1) is 0 Å². The van der Waals surface area contributed by atoms with Crippen molar-refractivity contribution >= 4 is 16.8 Å². The average Bonchev–Trinajstić information content (AvgIpc) is 2.37. The van der Waals surface area contributed by atoms with Gasteiger partial charge in [0.05, 0.1) is 5.52 Å². The molecule has 2 aromatic rings. The van der Waals surface area contributed by atoms with Gasteiger partial charge in [0.25, 0.3) is 0 Å². The second-order valence-corrected chi connectivity index (χ2v) is 4.31. The fraction of sp³-hybridized carbons (Fsp3) is 0.286. The van der Waals surface area contributed by atoms with Crippen LogP contribution in [0.1, 0.15) is 24.9 Å². The maximum atomic E-state index is 10.7. The second kappa shape index (κ2) is 5.60. The molecule has 18 heavy (non-hydrogen) atoms. The number of carbonyl (C=O) groups is 1. The minimum atomic E-state index is -0.283. The Kier molecular flexibility index (Phi) is 3.89. The van der Waals surface area contributed by atoms with Gasteiger partial charge in [-0.15, -0.1) is 0 Å². The molecule has 3 N–H and O–H groups in total. The van der Waals surface area contributed by atoms with Gasteiger partial charge in [0, 0.05) is 30.6 Å². The van der Waals surface area contributed by atoms with Gasteiger partial charge < -0.3 is 11.1 Å². The zero-order valence-electron chi connectivity index (χ0n) is 10.4. The Morgan fingerprint density at radius 2 is 2.22 bits per heavy atom. The molecule has 94 valence electrons. The number of nitrogens with one attached hydrogen (secondary N) is 1. The normalized spacial score (nSPS) is 12.5. The topological polar surface area (TPSA) is 68.0 Å². The maximum Gasteiger partial charge on any atom is 0.218 e. The van der Waals surface area contributed by atoms with Gasteiger partial charge in [-0.1, -0.05) is 18.2 Å². The van der Waals surface area contributed by atoms with E-state index in [1.54, 1.807) is 6.20 Å². The lowest BCUT2D eigenvalue weighted by Gasteiger charge is -2.15. The predicted molar refractivity (Wildman–Crippen MR) is 72.0 cm³/mol. The van der Waals surface area contributed by atoms with Crippen LogP contribution in [0.25, 0.3) is 10.9 Å². The van der Waals surface area contributed by atoms with Crippen LogP contribution in [0.4, 0.5) is 0 Å². The van der Waals surface area contributed by atoms with Gasteiger partial charge in [-0.2, -0.15) is 0 Å². The predicted octanol–water partition coefficient (Wildman–Crippen LogP) is 1.76. The molecule has 1 aromatic heterocycles. The van der Waals surface area contributed by atoms with Crippen molar-refractivity contribution in [2.45, 2.75) is 19.4 Å². The van der Waals surface area contributed by atoms with Crippen molar-refractivity contribution in [3.05, 3.63) is 42.1 Å². The molecule has 0 saturated heterocycles. The van der Waals surface area contributed by atoms with E-state index in [2.05, 4.69) is 29.4 Å². The van der Waals surface area contributed by atoms with Gasteiger partial charge in [0.2, 0.25) is 5.91 Å². The third kappa shape index (κ3) is 2.84. The Balaban J connectivity index is 2.17. The number of hydrogen-bond donors (Lipinski definition) is 2. The number of amides is 1. The standard InChI is InChI=1S/C14H17N3O/c1-10(16-9-7-14(15)18)11-4-2-6-13-12(11)5-3-8-17-13/h2-6,8,10,16H,7,9H2,1H3,(H2,15,18). The number of hydrogen-bond acceptors (Lipinski definition) is 3. The highest BCUT2D eigenvalue weighted by Gasteiger charge is 2.09. The molecule has 0 bridgehead atoms. The van der Waals surface area contributed by atoms with Gasteiger partial charge in [-0.25, -0.2) is 0 Å². The summed E-state index contributed by atoms with van der Waals surface area (Å²) in [5, 5.41) is 4.43. The van der Waals surface area contributed by atoms with Gasteiger partial charge in [-0.05, 0) is 24.6 Å². The molecule has 0 radical (unpaired) electrons. The molecule has 1 aromatic carbocycles. The van der Waals surface area contributed by atoms with Crippen molar-refractivity contribution in [1.29, 1.82) is 0 Å². The molecular weight excluding hydrogens is 226 g/mol. The van der Waals surface area contributed by atoms with Crippen molar-refractivity contribution in [2.24, 2.45) is 5.73 Å². The third-order valence-electron chi connectivity index (χ3n) is 2.97. The van der Waals surface area contributed by atoms with Crippen LogP contribution in [0.2, 0.25) is 0 Å². The molecule has 0 aliphatic rings. The molecule has 2 rings (SSSR count). The summed E-state index contributed by atoms with van der Waals surface area (Å²) >= 11 is 0. The fourth-order valence-corrected chi connectivity index (χ4v) is 2.03. The first-order valence-electron chi connectivity index (χ1n) is 6.04. The lowest BCUT2D eigenvalue weighted by atomic mass is 10.0. The number of carbonyl (C=O) groups excluding carboxylic acids is 1. The molecule has 0 saturated carbocycles. The Morgan fingerprint density at radius 3 is 3.00 bits per heavy atom. The lowest BCUT2D eigenvalue weighted by molar-refractivity contribution is -0.117. The van der Waals surface area contributed by atoms with Gasteiger partial charge >= 0.3 is 0 Å². The van der Waals surface area contributed by atoms with Crippen molar-refractivity contribution in [1.82, 2.24) is 10.3 Å². The molecule has 1 amide bonds. The monoisotopic (exact) mass is 243 g/mol. The number of nitrogens with two attached hydrogens (primary N) is 1. The average molecular weight is 243 g/mol. The van der Waals surface area contributed by atoms with Crippen molar-refractivity contribution in [2.75, 3.05) is 6.54 Å². The number of primary amides is 1. The lowest BCUT2D eigenvalue weighted by Crippen LogP contribution is -2.24.